The van der Waals surface area contributed by atoms with Crippen molar-refractivity contribution in [1.82, 2.24) is 5.32 Å². The van der Waals surface area contributed by atoms with Crippen molar-refractivity contribution in [1.29, 1.82) is 0 Å². The molecule has 0 saturated heterocycles. The number of fused-ring (bicyclic) bond motifs is 1. The van der Waals surface area contributed by atoms with Crippen molar-refractivity contribution in [2.24, 2.45) is 0 Å². The van der Waals surface area contributed by atoms with Gasteiger partial charge in [0.1, 0.15) is 0 Å². The minimum atomic E-state index is 1.00. The number of aryl methyl sites for hydroxylation is 1. The summed E-state index contributed by atoms with van der Waals surface area (Å²) in [6, 6.07) is 15.6. The molecule has 0 amide bonds. The summed E-state index contributed by atoms with van der Waals surface area (Å²) < 4.78 is 0. The lowest BCUT2D eigenvalue weighted by Gasteiger charge is -2.27. The Morgan fingerprint density at radius 3 is 2.67 bits per heavy atom. The van der Waals surface area contributed by atoms with Crippen molar-refractivity contribution in [3.8, 4) is 0 Å². The third kappa shape index (κ3) is 3.11. The number of rotatable bonds is 4. The third-order valence-corrected chi connectivity index (χ3v) is 4.38. The van der Waals surface area contributed by atoms with Crippen molar-refractivity contribution < 1.29 is 0 Å². The topological polar surface area (TPSA) is 15.3 Å². The van der Waals surface area contributed by atoms with E-state index in [0.717, 1.165) is 32.6 Å². The van der Waals surface area contributed by atoms with Crippen LogP contribution in [0.25, 0.3) is 0 Å². The molecule has 21 heavy (non-hydrogen) atoms. The molecule has 2 aromatic rings. The summed E-state index contributed by atoms with van der Waals surface area (Å²) >= 11 is 0. The molecule has 0 fully saturated rings. The summed E-state index contributed by atoms with van der Waals surface area (Å²) in [5.41, 5.74) is 7.14. The average molecular weight is 280 g/mol. The van der Waals surface area contributed by atoms with E-state index < -0.39 is 0 Å². The van der Waals surface area contributed by atoms with Crippen LogP contribution >= 0.6 is 0 Å². The molecule has 0 bridgehead atoms. The predicted octanol–water partition coefficient (Wildman–Crippen LogP) is 3.67. The Morgan fingerprint density at radius 1 is 1.10 bits per heavy atom. The number of anilines is 1. The van der Waals surface area contributed by atoms with E-state index in [0.29, 0.717) is 0 Å². The van der Waals surface area contributed by atoms with Gasteiger partial charge >= 0.3 is 0 Å². The number of nitrogens with one attached hydrogen (secondary N) is 1. The zero-order valence-electron chi connectivity index (χ0n) is 13.0. The molecule has 1 aliphatic heterocycles. The fourth-order valence-electron chi connectivity index (χ4n) is 3.11. The third-order valence-electron chi connectivity index (χ3n) is 4.38. The second-order valence-corrected chi connectivity index (χ2v) is 5.83. The van der Waals surface area contributed by atoms with Gasteiger partial charge in [0.2, 0.25) is 0 Å². The van der Waals surface area contributed by atoms with Crippen LogP contribution in [0.4, 0.5) is 5.69 Å². The van der Waals surface area contributed by atoms with Gasteiger partial charge < -0.3 is 10.2 Å². The van der Waals surface area contributed by atoms with Crippen LogP contribution in [0.2, 0.25) is 0 Å². The highest BCUT2D eigenvalue weighted by Gasteiger charge is 2.14. The van der Waals surface area contributed by atoms with E-state index in [1.165, 1.54) is 22.4 Å². The molecule has 1 N–H and O–H groups in total. The predicted molar refractivity (Wildman–Crippen MR) is 89.8 cm³/mol. The van der Waals surface area contributed by atoms with Gasteiger partial charge in [-0.2, -0.15) is 0 Å². The molecule has 0 radical (unpaired) electrons. The van der Waals surface area contributed by atoms with Crippen LogP contribution in [0.1, 0.15) is 29.2 Å². The van der Waals surface area contributed by atoms with Gasteiger partial charge in [0, 0.05) is 25.3 Å². The van der Waals surface area contributed by atoms with Crippen molar-refractivity contribution in [2.45, 2.75) is 33.4 Å². The average Bonchev–Trinajstić information content (AvgIpc) is 2.54. The van der Waals surface area contributed by atoms with Crippen LogP contribution in [-0.2, 0) is 19.5 Å². The molecular weight excluding hydrogens is 256 g/mol. The van der Waals surface area contributed by atoms with E-state index in [1.807, 2.05) is 0 Å². The van der Waals surface area contributed by atoms with E-state index in [-0.39, 0.29) is 0 Å². The maximum absolute atomic E-state index is 3.46. The second kappa shape index (κ2) is 6.31. The van der Waals surface area contributed by atoms with Crippen molar-refractivity contribution in [3.05, 3.63) is 64.7 Å². The largest absolute Gasteiger partial charge is 0.367 e. The van der Waals surface area contributed by atoms with Gasteiger partial charge in [-0.3, -0.25) is 0 Å². The molecule has 0 unspecified atom stereocenters. The SMILES string of the molecule is CCN(Cc1cccc2c1CCNC2)c1ccc(C)cc1. The molecular formula is C19H24N2. The zero-order chi connectivity index (χ0) is 14.7. The maximum Gasteiger partial charge on any atom is 0.0432 e. The van der Waals surface area contributed by atoms with Gasteiger partial charge in [0.15, 0.2) is 0 Å². The molecule has 0 spiro atoms. The summed E-state index contributed by atoms with van der Waals surface area (Å²) in [6.07, 6.45) is 1.15. The van der Waals surface area contributed by atoms with Gasteiger partial charge in [-0.15, -0.1) is 0 Å². The summed E-state index contributed by atoms with van der Waals surface area (Å²) in [6.45, 7) is 8.52. The molecule has 0 atom stereocenters. The van der Waals surface area contributed by atoms with Gasteiger partial charge in [0.05, 0.1) is 0 Å². The molecule has 0 saturated carbocycles. The summed E-state index contributed by atoms with van der Waals surface area (Å²) in [4.78, 5) is 2.46. The van der Waals surface area contributed by atoms with Crippen LogP contribution in [-0.4, -0.2) is 13.1 Å². The zero-order valence-corrected chi connectivity index (χ0v) is 13.0. The Hall–Kier alpha value is -1.80. The Morgan fingerprint density at radius 2 is 1.90 bits per heavy atom. The van der Waals surface area contributed by atoms with E-state index in [2.05, 4.69) is 66.5 Å². The van der Waals surface area contributed by atoms with Gasteiger partial charge in [-0.05, 0) is 55.6 Å². The molecule has 2 nitrogen and oxygen atoms in total. The first-order valence-electron chi connectivity index (χ1n) is 7.90. The molecule has 0 aliphatic carbocycles. The van der Waals surface area contributed by atoms with Crippen LogP contribution in [0.15, 0.2) is 42.5 Å². The lowest BCUT2D eigenvalue weighted by atomic mass is 9.95. The molecule has 0 aromatic heterocycles. The van der Waals surface area contributed by atoms with Crippen LogP contribution in [0.5, 0.6) is 0 Å². The van der Waals surface area contributed by atoms with Gasteiger partial charge in [0.25, 0.3) is 0 Å². The van der Waals surface area contributed by atoms with Gasteiger partial charge in [-0.1, -0.05) is 35.9 Å². The fraction of sp³-hybridized carbons (Fsp3) is 0.368. The fourth-order valence-corrected chi connectivity index (χ4v) is 3.11. The molecule has 2 aromatic carbocycles. The highest BCUT2D eigenvalue weighted by Crippen LogP contribution is 2.23. The molecule has 3 rings (SSSR count). The van der Waals surface area contributed by atoms with E-state index >= 15 is 0 Å². The minimum Gasteiger partial charge on any atom is -0.367 e. The summed E-state index contributed by atoms with van der Waals surface area (Å²) in [5, 5.41) is 3.46. The number of nitrogens with zero attached hydrogens (tertiary/aromatic N) is 1. The first kappa shape index (κ1) is 14.2. The van der Waals surface area contributed by atoms with E-state index in [4.69, 9.17) is 0 Å². The van der Waals surface area contributed by atoms with Crippen LogP contribution in [0.3, 0.4) is 0 Å². The van der Waals surface area contributed by atoms with E-state index in [9.17, 15) is 0 Å². The monoisotopic (exact) mass is 280 g/mol. The van der Waals surface area contributed by atoms with Crippen molar-refractivity contribution in [3.63, 3.8) is 0 Å². The summed E-state index contributed by atoms with van der Waals surface area (Å²) in [5.74, 6) is 0. The highest BCUT2D eigenvalue weighted by atomic mass is 15.1. The van der Waals surface area contributed by atoms with Crippen molar-refractivity contribution >= 4 is 5.69 Å². The maximum atomic E-state index is 3.46. The highest BCUT2D eigenvalue weighted by molar-refractivity contribution is 5.49. The number of benzene rings is 2. The standard InChI is InChI=1S/C19H24N2/c1-3-21(18-9-7-15(2)8-10-18)14-17-6-4-5-16-13-20-12-11-19(16)17/h4-10,20H,3,11-14H2,1-2H3. The summed E-state index contributed by atoms with van der Waals surface area (Å²) in [7, 11) is 0. The first-order chi connectivity index (χ1) is 10.3. The normalized spacial score (nSPS) is 13.8. The van der Waals surface area contributed by atoms with Crippen molar-refractivity contribution in [2.75, 3.05) is 18.0 Å². The Kier molecular flexibility index (Phi) is 4.26. The molecule has 1 aliphatic rings. The molecule has 2 heteroatoms. The minimum absolute atomic E-state index is 1.00. The Balaban J connectivity index is 1.86. The van der Waals surface area contributed by atoms with Crippen LogP contribution in [0, 0.1) is 6.92 Å². The number of hydrogen-bond acceptors (Lipinski definition) is 2. The van der Waals surface area contributed by atoms with Gasteiger partial charge in [-0.25, -0.2) is 0 Å². The Labute approximate surface area is 127 Å². The van der Waals surface area contributed by atoms with E-state index in [1.54, 1.807) is 5.56 Å². The lowest BCUT2D eigenvalue weighted by molar-refractivity contribution is 0.636. The number of hydrogen-bond donors (Lipinski definition) is 1. The first-order valence-corrected chi connectivity index (χ1v) is 7.90. The second-order valence-electron chi connectivity index (χ2n) is 5.83. The smallest absolute Gasteiger partial charge is 0.0432 e. The quantitative estimate of drug-likeness (QED) is 0.919. The molecule has 110 valence electrons. The molecule has 1 heterocycles. The Bertz CT molecular complexity index is 601. The van der Waals surface area contributed by atoms with Crippen LogP contribution < -0.4 is 10.2 Å². The lowest BCUT2D eigenvalue weighted by Crippen LogP contribution is -2.27.